The molecule has 2 aromatic rings. The van der Waals surface area contributed by atoms with Crippen molar-refractivity contribution in [3.8, 4) is 0 Å². The number of hydrogen-bond acceptors (Lipinski definition) is 2. The van der Waals surface area contributed by atoms with Crippen LogP contribution >= 0.6 is 11.8 Å². The maximum Gasteiger partial charge on any atom is 0.234 e. The lowest BCUT2D eigenvalue weighted by Crippen LogP contribution is -2.16. The largest absolute Gasteiger partial charge is 0.323 e. The van der Waals surface area contributed by atoms with Crippen molar-refractivity contribution in [3.05, 3.63) is 65.5 Å². The lowest BCUT2D eigenvalue weighted by Gasteiger charge is -2.12. The van der Waals surface area contributed by atoms with Gasteiger partial charge in [-0.05, 0) is 24.6 Å². The van der Waals surface area contributed by atoms with E-state index in [0.29, 0.717) is 0 Å². The molecule has 0 saturated heterocycles. The highest BCUT2D eigenvalue weighted by Crippen LogP contribution is 2.28. The van der Waals surface area contributed by atoms with Crippen LogP contribution in [0.25, 0.3) is 0 Å². The first-order chi connectivity index (χ1) is 10.5. The highest BCUT2D eigenvalue weighted by Gasteiger charge is 2.16. The average Bonchev–Trinajstić information content (AvgIpc) is 2.54. The fraction of sp³-hybridized carbons (Fsp3) is 0.188. The molecule has 1 amide bonds. The van der Waals surface area contributed by atoms with Crippen molar-refractivity contribution >= 4 is 23.4 Å². The summed E-state index contributed by atoms with van der Waals surface area (Å²) in [6.45, 7) is 1.95. The van der Waals surface area contributed by atoms with Crippen molar-refractivity contribution in [3.63, 3.8) is 0 Å². The van der Waals surface area contributed by atoms with E-state index >= 15 is 0 Å². The molecule has 0 aliphatic heterocycles. The minimum atomic E-state index is -1.59. The van der Waals surface area contributed by atoms with Gasteiger partial charge in [0.15, 0.2) is 17.5 Å². The zero-order chi connectivity index (χ0) is 16.1. The SMILES string of the molecule is C[C@H](SCC(=O)Nc1ccc(F)c(F)c1F)c1ccccc1. The molecule has 1 N–H and O–H groups in total. The number of carbonyl (C=O) groups excluding carboxylic acids is 1. The van der Waals surface area contributed by atoms with Gasteiger partial charge >= 0.3 is 0 Å². The molecule has 1 atom stereocenters. The Kier molecular flexibility index (Phi) is 5.49. The number of hydrogen-bond donors (Lipinski definition) is 1. The summed E-state index contributed by atoms with van der Waals surface area (Å²) >= 11 is 1.37. The van der Waals surface area contributed by atoms with Crippen LogP contribution in [0, 0.1) is 17.5 Å². The topological polar surface area (TPSA) is 29.1 Å². The van der Waals surface area contributed by atoms with Crippen molar-refractivity contribution in [2.45, 2.75) is 12.2 Å². The normalized spacial score (nSPS) is 12.0. The number of halogens is 3. The van der Waals surface area contributed by atoms with Crippen LogP contribution in [0.1, 0.15) is 17.7 Å². The van der Waals surface area contributed by atoms with E-state index in [1.54, 1.807) is 0 Å². The first kappa shape index (κ1) is 16.4. The lowest BCUT2D eigenvalue weighted by molar-refractivity contribution is -0.113. The number of carbonyl (C=O) groups is 1. The molecule has 2 nitrogen and oxygen atoms in total. The predicted molar refractivity (Wildman–Crippen MR) is 82.3 cm³/mol. The molecule has 22 heavy (non-hydrogen) atoms. The predicted octanol–water partition coefficient (Wildman–Crippen LogP) is 4.54. The highest BCUT2D eigenvalue weighted by atomic mass is 32.2. The third-order valence-electron chi connectivity index (χ3n) is 3.04. The molecule has 0 spiro atoms. The minimum Gasteiger partial charge on any atom is -0.323 e. The van der Waals surface area contributed by atoms with Crippen LogP contribution in [-0.4, -0.2) is 11.7 Å². The van der Waals surface area contributed by atoms with Gasteiger partial charge < -0.3 is 5.32 Å². The van der Waals surface area contributed by atoms with Crippen LogP contribution in [0.2, 0.25) is 0 Å². The summed E-state index contributed by atoms with van der Waals surface area (Å²) in [4.78, 5) is 11.8. The van der Waals surface area contributed by atoms with E-state index in [0.717, 1.165) is 17.7 Å². The molecule has 0 fully saturated rings. The molecule has 0 aliphatic rings. The highest BCUT2D eigenvalue weighted by molar-refractivity contribution is 8.00. The van der Waals surface area contributed by atoms with Gasteiger partial charge in [0.2, 0.25) is 5.91 Å². The number of rotatable bonds is 5. The van der Waals surface area contributed by atoms with Crippen molar-refractivity contribution < 1.29 is 18.0 Å². The molecule has 0 unspecified atom stereocenters. The fourth-order valence-corrected chi connectivity index (χ4v) is 2.65. The van der Waals surface area contributed by atoms with Gasteiger partial charge in [-0.2, -0.15) is 0 Å². The van der Waals surface area contributed by atoms with Gasteiger partial charge in [0.25, 0.3) is 0 Å². The zero-order valence-electron chi connectivity index (χ0n) is 11.8. The quantitative estimate of drug-likeness (QED) is 0.818. The minimum absolute atomic E-state index is 0.0779. The summed E-state index contributed by atoms with van der Waals surface area (Å²) in [6.07, 6.45) is 0. The molecular formula is C16H14F3NOS. The molecule has 116 valence electrons. The monoisotopic (exact) mass is 325 g/mol. The second-order valence-corrected chi connectivity index (χ2v) is 5.96. The Bertz CT molecular complexity index is 664. The van der Waals surface area contributed by atoms with Crippen LogP contribution in [0.4, 0.5) is 18.9 Å². The van der Waals surface area contributed by atoms with Crippen LogP contribution in [0.3, 0.4) is 0 Å². The van der Waals surface area contributed by atoms with Crippen molar-refractivity contribution in [1.29, 1.82) is 0 Å². The Morgan fingerprint density at radius 1 is 1.09 bits per heavy atom. The van der Waals surface area contributed by atoms with Gasteiger partial charge in [0.05, 0.1) is 11.4 Å². The molecule has 0 aliphatic carbocycles. The number of thioether (sulfide) groups is 1. The van der Waals surface area contributed by atoms with Gasteiger partial charge in [-0.25, -0.2) is 13.2 Å². The first-order valence-electron chi connectivity index (χ1n) is 6.59. The number of nitrogens with one attached hydrogen (secondary N) is 1. The number of benzene rings is 2. The van der Waals surface area contributed by atoms with E-state index in [-0.39, 0.29) is 16.7 Å². The Hall–Kier alpha value is -1.95. The second-order valence-electron chi connectivity index (χ2n) is 4.64. The number of anilines is 1. The standard InChI is InChI=1S/C16H14F3NOS/c1-10(11-5-3-2-4-6-11)22-9-14(21)20-13-8-7-12(17)15(18)16(13)19/h2-8,10H,9H2,1H3,(H,20,21)/t10-/m0/s1. The molecule has 0 aromatic heterocycles. The molecule has 0 bridgehead atoms. The summed E-state index contributed by atoms with van der Waals surface area (Å²) in [5.41, 5.74) is 0.705. The van der Waals surface area contributed by atoms with Gasteiger partial charge in [-0.15, -0.1) is 11.8 Å². The van der Waals surface area contributed by atoms with E-state index in [9.17, 15) is 18.0 Å². The van der Waals surface area contributed by atoms with Gasteiger partial charge in [0.1, 0.15) is 0 Å². The average molecular weight is 325 g/mol. The Morgan fingerprint density at radius 2 is 1.77 bits per heavy atom. The summed E-state index contributed by atoms with van der Waals surface area (Å²) in [5, 5.41) is 2.33. The number of amides is 1. The van der Waals surface area contributed by atoms with Crippen LogP contribution in [0.5, 0.6) is 0 Å². The summed E-state index contributed by atoms with van der Waals surface area (Å²) < 4.78 is 39.3. The van der Waals surface area contributed by atoms with E-state index in [1.165, 1.54) is 11.8 Å². The maximum atomic E-state index is 13.5. The van der Waals surface area contributed by atoms with Crippen LogP contribution in [-0.2, 0) is 4.79 Å². The molecular weight excluding hydrogens is 311 g/mol. The Balaban J connectivity index is 1.92. The van der Waals surface area contributed by atoms with Crippen molar-refractivity contribution in [1.82, 2.24) is 0 Å². The zero-order valence-corrected chi connectivity index (χ0v) is 12.6. The third kappa shape index (κ3) is 4.04. The van der Waals surface area contributed by atoms with Crippen LogP contribution in [0.15, 0.2) is 42.5 Å². The summed E-state index contributed by atoms with van der Waals surface area (Å²) in [7, 11) is 0. The smallest absolute Gasteiger partial charge is 0.234 e. The molecule has 2 rings (SSSR count). The van der Waals surface area contributed by atoms with Crippen molar-refractivity contribution in [2.75, 3.05) is 11.1 Å². The lowest BCUT2D eigenvalue weighted by atomic mass is 10.2. The van der Waals surface area contributed by atoms with E-state index in [2.05, 4.69) is 5.32 Å². The molecule has 6 heteroatoms. The van der Waals surface area contributed by atoms with Crippen LogP contribution < -0.4 is 5.32 Å². The molecule has 0 saturated carbocycles. The molecule has 0 heterocycles. The van der Waals surface area contributed by atoms with E-state index in [1.807, 2.05) is 37.3 Å². The van der Waals surface area contributed by atoms with E-state index in [4.69, 9.17) is 0 Å². The Morgan fingerprint density at radius 3 is 2.45 bits per heavy atom. The molecule has 0 radical (unpaired) electrons. The van der Waals surface area contributed by atoms with Gasteiger partial charge in [-0.3, -0.25) is 4.79 Å². The van der Waals surface area contributed by atoms with E-state index < -0.39 is 23.4 Å². The second kappa shape index (κ2) is 7.35. The maximum absolute atomic E-state index is 13.5. The Labute approximate surface area is 130 Å². The van der Waals surface area contributed by atoms with Gasteiger partial charge in [-0.1, -0.05) is 30.3 Å². The first-order valence-corrected chi connectivity index (χ1v) is 7.64. The third-order valence-corrected chi connectivity index (χ3v) is 4.24. The summed E-state index contributed by atoms with van der Waals surface area (Å²) in [5.74, 6) is -4.67. The molecule has 2 aromatic carbocycles. The fourth-order valence-electron chi connectivity index (χ4n) is 1.83. The summed E-state index contributed by atoms with van der Waals surface area (Å²) in [6, 6.07) is 11.4. The van der Waals surface area contributed by atoms with Crippen molar-refractivity contribution in [2.24, 2.45) is 0 Å². The van der Waals surface area contributed by atoms with Gasteiger partial charge in [0, 0.05) is 5.25 Å².